The maximum Gasteiger partial charge on any atom is 0.226 e. The fourth-order valence-electron chi connectivity index (χ4n) is 1.91. The molecule has 1 N–H and O–H groups in total. The standard InChI is InChI=1S/C11H23N3O/c1-13(2)7-4-8-14(3)11(15)10-5-6-12-9-10/h10,12H,4-9H2,1-3H3. The number of nitrogens with zero attached hydrogens (tertiary/aromatic N) is 2. The second-order valence-electron chi connectivity index (χ2n) is 4.61. The Bertz CT molecular complexity index is 200. The van der Waals surface area contributed by atoms with Crippen molar-refractivity contribution < 1.29 is 4.79 Å². The zero-order chi connectivity index (χ0) is 11.3. The molecule has 1 heterocycles. The highest BCUT2D eigenvalue weighted by Crippen LogP contribution is 2.10. The zero-order valence-electron chi connectivity index (χ0n) is 10.1. The van der Waals surface area contributed by atoms with E-state index in [1.165, 1.54) is 0 Å². The van der Waals surface area contributed by atoms with Crippen LogP contribution in [0, 0.1) is 5.92 Å². The molecule has 1 rings (SSSR count). The predicted molar refractivity (Wildman–Crippen MR) is 61.8 cm³/mol. The molecule has 1 atom stereocenters. The van der Waals surface area contributed by atoms with E-state index in [4.69, 9.17) is 0 Å². The summed E-state index contributed by atoms with van der Waals surface area (Å²) in [5.41, 5.74) is 0. The topological polar surface area (TPSA) is 35.6 Å². The molecule has 0 aromatic carbocycles. The van der Waals surface area contributed by atoms with Gasteiger partial charge in [0.05, 0.1) is 5.92 Å². The van der Waals surface area contributed by atoms with Crippen LogP contribution < -0.4 is 5.32 Å². The van der Waals surface area contributed by atoms with Crippen molar-refractivity contribution in [1.82, 2.24) is 15.1 Å². The molecule has 1 aliphatic rings. The van der Waals surface area contributed by atoms with E-state index in [2.05, 4.69) is 24.3 Å². The summed E-state index contributed by atoms with van der Waals surface area (Å²) in [5, 5.41) is 3.23. The van der Waals surface area contributed by atoms with E-state index >= 15 is 0 Å². The Kier molecular flexibility index (Phi) is 5.05. The smallest absolute Gasteiger partial charge is 0.226 e. The molecule has 1 aliphatic heterocycles. The molecule has 15 heavy (non-hydrogen) atoms. The van der Waals surface area contributed by atoms with Crippen molar-refractivity contribution in [1.29, 1.82) is 0 Å². The fraction of sp³-hybridized carbons (Fsp3) is 0.909. The first-order valence-electron chi connectivity index (χ1n) is 5.71. The zero-order valence-corrected chi connectivity index (χ0v) is 10.1. The molecule has 0 radical (unpaired) electrons. The molecule has 4 nitrogen and oxygen atoms in total. The maximum absolute atomic E-state index is 11.9. The molecular formula is C11H23N3O. The molecule has 0 saturated carbocycles. The summed E-state index contributed by atoms with van der Waals surface area (Å²) in [5.74, 6) is 0.521. The Labute approximate surface area is 92.6 Å². The van der Waals surface area contributed by atoms with Gasteiger partial charge in [0.15, 0.2) is 0 Å². The maximum atomic E-state index is 11.9. The van der Waals surface area contributed by atoms with Crippen LogP contribution in [0.15, 0.2) is 0 Å². The van der Waals surface area contributed by atoms with Crippen molar-refractivity contribution in [2.75, 3.05) is 47.3 Å². The lowest BCUT2D eigenvalue weighted by atomic mass is 10.1. The SMILES string of the molecule is CN(C)CCCN(C)C(=O)C1CCNC1. The molecule has 1 unspecified atom stereocenters. The Morgan fingerprint density at radius 3 is 2.60 bits per heavy atom. The number of amides is 1. The number of rotatable bonds is 5. The van der Waals surface area contributed by atoms with Crippen LogP contribution >= 0.6 is 0 Å². The molecule has 1 saturated heterocycles. The third-order valence-electron chi connectivity index (χ3n) is 2.88. The van der Waals surface area contributed by atoms with Gasteiger partial charge in [0.25, 0.3) is 0 Å². The number of carbonyl (C=O) groups is 1. The molecule has 88 valence electrons. The van der Waals surface area contributed by atoms with Gasteiger partial charge in [-0.05, 0) is 40.0 Å². The van der Waals surface area contributed by atoms with E-state index in [0.29, 0.717) is 5.91 Å². The van der Waals surface area contributed by atoms with Crippen LogP contribution in [0.3, 0.4) is 0 Å². The van der Waals surface area contributed by atoms with Gasteiger partial charge in [-0.2, -0.15) is 0 Å². The quantitative estimate of drug-likeness (QED) is 0.698. The largest absolute Gasteiger partial charge is 0.345 e. The second-order valence-corrected chi connectivity index (χ2v) is 4.61. The Hall–Kier alpha value is -0.610. The van der Waals surface area contributed by atoms with Crippen molar-refractivity contribution in [3.8, 4) is 0 Å². The summed E-state index contributed by atoms with van der Waals surface area (Å²) >= 11 is 0. The second kappa shape index (κ2) is 6.08. The first-order valence-corrected chi connectivity index (χ1v) is 5.71. The van der Waals surface area contributed by atoms with Gasteiger partial charge >= 0.3 is 0 Å². The van der Waals surface area contributed by atoms with Crippen LogP contribution in [-0.4, -0.2) is 63.0 Å². The Balaban J connectivity index is 2.20. The van der Waals surface area contributed by atoms with Crippen LogP contribution in [0.5, 0.6) is 0 Å². The molecule has 1 amide bonds. The van der Waals surface area contributed by atoms with Crippen LogP contribution in [0.25, 0.3) is 0 Å². The van der Waals surface area contributed by atoms with Gasteiger partial charge in [0, 0.05) is 20.1 Å². The Morgan fingerprint density at radius 2 is 2.07 bits per heavy atom. The minimum absolute atomic E-state index is 0.217. The summed E-state index contributed by atoms with van der Waals surface area (Å²) in [6, 6.07) is 0. The minimum Gasteiger partial charge on any atom is -0.345 e. The fourth-order valence-corrected chi connectivity index (χ4v) is 1.91. The molecule has 0 bridgehead atoms. The van der Waals surface area contributed by atoms with Gasteiger partial charge in [-0.1, -0.05) is 0 Å². The molecule has 0 aliphatic carbocycles. The van der Waals surface area contributed by atoms with Crippen LogP contribution in [-0.2, 0) is 4.79 Å². The third-order valence-corrected chi connectivity index (χ3v) is 2.88. The highest BCUT2D eigenvalue weighted by molar-refractivity contribution is 5.79. The van der Waals surface area contributed by atoms with Crippen LogP contribution in [0.1, 0.15) is 12.8 Å². The first kappa shape index (κ1) is 12.5. The normalized spacial score (nSPS) is 20.9. The highest BCUT2D eigenvalue weighted by atomic mass is 16.2. The molecule has 1 fully saturated rings. The van der Waals surface area contributed by atoms with Crippen LogP contribution in [0.2, 0.25) is 0 Å². The van der Waals surface area contributed by atoms with Gasteiger partial charge in [-0.15, -0.1) is 0 Å². The average molecular weight is 213 g/mol. The third kappa shape index (κ3) is 4.18. The van der Waals surface area contributed by atoms with Crippen molar-refractivity contribution in [3.63, 3.8) is 0 Å². The minimum atomic E-state index is 0.217. The summed E-state index contributed by atoms with van der Waals surface area (Å²) in [4.78, 5) is 15.9. The summed E-state index contributed by atoms with van der Waals surface area (Å²) in [7, 11) is 6.03. The number of hydrogen-bond donors (Lipinski definition) is 1. The Morgan fingerprint density at radius 1 is 1.33 bits per heavy atom. The molecule has 0 aromatic rings. The van der Waals surface area contributed by atoms with Crippen molar-refractivity contribution in [2.45, 2.75) is 12.8 Å². The number of carbonyl (C=O) groups excluding carboxylic acids is 1. The monoisotopic (exact) mass is 213 g/mol. The van der Waals surface area contributed by atoms with Crippen LogP contribution in [0.4, 0.5) is 0 Å². The van der Waals surface area contributed by atoms with E-state index in [0.717, 1.165) is 39.0 Å². The van der Waals surface area contributed by atoms with E-state index in [-0.39, 0.29) is 5.92 Å². The van der Waals surface area contributed by atoms with Gasteiger partial charge < -0.3 is 15.1 Å². The first-order chi connectivity index (χ1) is 7.11. The molecule has 0 spiro atoms. The van der Waals surface area contributed by atoms with E-state index in [9.17, 15) is 4.79 Å². The summed E-state index contributed by atoms with van der Waals surface area (Å²) in [6.07, 6.45) is 2.05. The highest BCUT2D eigenvalue weighted by Gasteiger charge is 2.24. The molecular weight excluding hydrogens is 190 g/mol. The van der Waals surface area contributed by atoms with Crippen molar-refractivity contribution >= 4 is 5.91 Å². The molecule has 0 aromatic heterocycles. The lowest BCUT2D eigenvalue weighted by Gasteiger charge is -2.21. The van der Waals surface area contributed by atoms with E-state index < -0.39 is 0 Å². The van der Waals surface area contributed by atoms with Gasteiger partial charge in [0.1, 0.15) is 0 Å². The van der Waals surface area contributed by atoms with Gasteiger partial charge in [-0.25, -0.2) is 0 Å². The summed E-state index contributed by atoms with van der Waals surface area (Å²) < 4.78 is 0. The number of hydrogen-bond acceptors (Lipinski definition) is 3. The van der Waals surface area contributed by atoms with Gasteiger partial charge in [0.2, 0.25) is 5.91 Å². The average Bonchev–Trinajstić information content (AvgIpc) is 2.68. The van der Waals surface area contributed by atoms with Gasteiger partial charge in [-0.3, -0.25) is 4.79 Å². The summed E-state index contributed by atoms with van der Waals surface area (Å²) in [6.45, 7) is 3.76. The van der Waals surface area contributed by atoms with E-state index in [1.807, 2.05) is 11.9 Å². The lowest BCUT2D eigenvalue weighted by molar-refractivity contribution is -0.133. The van der Waals surface area contributed by atoms with Crippen molar-refractivity contribution in [3.05, 3.63) is 0 Å². The number of nitrogens with one attached hydrogen (secondary N) is 1. The van der Waals surface area contributed by atoms with E-state index in [1.54, 1.807) is 0 Å². The molecule has 4 heteroatoms. The predicted octanol–water partition coefficient (Wildman–Crippen LogP) is 0.00600. The van der Waals surface area contributed by atoms with Crippen molar-refractivity contribution in [2.24, 2.45) is 5.92 Å². The lowest BCUT2D eigenvalue weighted by Crippen LogP contribution is -2.35.